The van der Waals surface area contributed by atoms with Crippen LogP contribution in [0.3, 0.4) is 0 Å². The lowest BCUT2D eigenvalue weighted by atomic mass is 10.1. The minimum atomic E-state index is -0.172. The van der Waals surface area contributed by atoms with Crippen LogP contribution in [0, 0.1) is 0 Å². The largest absolute Gasteiger partial charge is 0.396 e. The normalized spacial score (nSPS) is 10.3. The third-order valence-electron chi connectivity index (χ3n) is 2.02. The van der Waals surface area contributed by atoms with Crippen molar-refractivity contribution in [3.63, 3.8) is 0 Å². The number of hydrogen-bond acceptors (Lipinski definition) is 3. The Morgan fingerprint density at radius 2 is 2.27 bits per heavy atom. The van der Waals surface area contributed by atoms with Crippen molar-refractivity contribution in [2.24, 2.45) is 7.05 Å². The molecule has 0 saturated carbocycles. The summed E-state index contributed by atoms with van der Waals surface area (Å²) in [6.45, 7) is -0.00132. The molecule has 1 N–H and O–H groups in total. The highest BCUT2D eigenvalue weighted by molar-refractivity contribution is 9.10. The Morgan fingerprint density at radius 1 is 1.60 bits per heavy atom. The summed E-state index contributed by atoms with van der Waals surface area (Å²) in [5, 5.41) is 8.60. The number of carbonyl (C=O) groups excluding carboxylic acids is 1. The van der Waals surface area contributed by atoms with Crippen molar-refractivity contribution >= 4 is 21.7 Å². The number of aliphatic hydroxyl groups excluding tert-OH is 1. The third kappa shape index (κ3) is 3.00. The van der Waals surface area contributed by atoms with Crippen molar-refractivity contribution in [2.45, 2.75) is 12.8 Å². The smallest absolute Gasteiger partial charge is 0.264 e. The van der Waals surface area contributed by atoms with Crippen molar-refractivity contribution in [3.05, 3.63) is 32.7 Å². The molecule has 82 valence electrons. The molecule has 0 amide bonds. The lowest BCUT2D eigenvalue weighted by Gasteiger charge is -2.03. The molecule has 0 saturated heterocycles. The van der Waals surface area contributed by atoms with Crippen LogP contribution in [0.25, 0.3) is 0 Å². The first-order valence-electron chi connectivity index (χ1n) is 4.56. The molecule has 0 aliphatic heterocycles. The van der Waals surface area contributed by atoms with Gasteiger partial charge in [-0.2, -0.15) is 0 Å². The van der Waals surface area contributed by atoms with Crippen molar-refractivity contribution in [2.75, 3.05) is 6.61 Å². The fraction of sp³-hybridized carbons (Fsp3) is 0.400. The number of aryl methyl sites for hydroxylation is 1. The topological polar surface area (TPSA) is 59.3 Å². The number of hydrogen-bond donors (Lipinski definition) is 1. The van der Waals surface area contributed by atoms with E-state index in [1.165, 1.54) is 16.8 Å². The van der Waals surface area contributed by atoms with Crippen LogP contribution in [-0.4, -0.2) is 22.1 Å². The lowest BCUT2D eigenvalue weighted by molar-refractivity contribution is 0.0970. The molecule has 1 aromatic rings. The molecule has 0 aliphatic carbocycles. The summed E-state index contributed by atoms with van der Waals surface area (Å²) in [7, 11) is 1.59. The van der Waals surface area contributed by atoms with Crippen LogP contribution < -0.4 is 5.56 Å². The SMILES string of the molecule is Cn1cc(C(=O)CCCO)cc(Br)c1=O. The molecule has 1 aromatic heterocycles. The number of ketones is 1. The number of halogens is 1. The van der Waals surface area contributed by atoms with Crippen LogP contribution in [-0.2, 0) is 7.05 Å². The van der Waals surface area contributed by atoms with E-state index in [1.54, 1.807) is 7.05 Å². The summed E-state index contributed by atoms with van der Waals surface area (Å²) in [6.07, 6.45) is 2.24. The number of aromatic nitrogens is 1. The fourth-order valence-corrected chi connectivity index (χ4v) is 1.73. The maximum atomic E-state index is 11.6. The van der Waals surface area contributed by atoms with Gasteiger partial charge in [-0.3, -0.25) is 9.59 Å². The average Bonchev–Trinajstić information content (AvgIpc) is 2.21. The van der Waals surface area contributed by atoms with E-state index in [0.717, 1.165) is 0 Å². The van der Waals surface area contributed by atoms with Crippen LogP contribution in [0.5, 0.6) is 0 Å². The van der Waals surface area contributed by atoms with Crippen molar-refractivity contribution in [1.82, 2.24) is 4.57 Å². The number of pyridine rings is 1. The van der Waals surface area contributed by atoms with Crippen molar-refractivity contribution < 1.29 is 9.90 Å². The molecule has 0 radical (unpaired) electrons. The molecule has 0 atom stereocenters. The highest BCUT2D eigenvalue weighted by atomic mass is 79.9. The standard InChI is InChI=1S/C10H12BrNO3/c1-12-6-7(5-8(11)10(12)15)9(14)3-2-4-13/h5-6,13H,2-4H2,1H3. The molecule has 0 aromatic carbocycles. The number of aliphatic hydroxyl groups is 1. The zero-order chi connectivity index (χ0) is 11.4. The maximum absolute atomic E-state index is 11.6. The van der Waals surface area contributed by atoms with Gasteiger partial charge in [-0.25, -0.2) is 0 Å². The molecule has 0 fully saturated rings. The number of carbonyl (C=O) groups is 1. The molecular formula is C10H12BrNO3. The van der Waals surface area contributed by atoms with Gasteiger partial charge in [-0.15, -0.1) is 0 Å². The van der Waals surface area contributed by atoms with Gasteiger partial charge in [-0.1, -0.05) is 0 Å². The van der Waals surface area contributed by atoms with Gasteiger partial charge in [0, 0.05) is 31.8 Å². The highest BCUT2D eigenvalue weighted by Gasteiger charge is 2.08. The van der Waals surface area contributed by atoms with Crippen molar-refractivity contribution in [1.29, 1.82) is 0 Å². The fourth-order valence-electron chi connectivity index (χ4n) is 1.21. The van der Waals surface area contributed by atoms with E-state index in [2.05, 4.69) is 15.9 Å². The minimum Gasteiger partial charge on any atom is -0.396 e. The van der Waals surface area contributed by atoms with E-state index >= 15 is 0 Å². The Hall–Kier alpha value is -0.940. The second-order valence-electron chi connectivity index (χ2n) is 3.24. The lowest BCUT2D eigenvalue weighted by Crippen LogP contribution is -2.18. The van der Waals surface area contributed by atoms with E-state index in [-0.39, 0.29) is 17.9 Å². The second kappa shape index (κ2) is 5.23. The number of Topliss-reactive ketones (excluding diaryl/α,β-unsaturated/α-hetero) is 1. The summed E-state index contributed by atoms with van der Waals surface area (Å²) in [4.78, 5) is 22.9. The van der Waals surface area contributed by atoms with Crippen LogP contribution in [0.1, 0.15) is 23.2 Å². The van der Waals surface area contributed by atoms with Gasteiger partial charge in [0.25, 0.3) is 5.56 Å². The monoisotopic (exact) mass is 273 g/mol. The molecule has 15 heavy (non-hydrogen) atoms. The quantitative estimate of drug-likeness (QED) is 0.836. The predicted molar refractivity (Wildman–Crippen MR) is 60.0 cm³/mol. The van der Waals surface area contributed by atoms with Crippen LogP contribution in [0.2, 0.25) is 0 Å². The summed E-state index contributed by atoms with van der Waals surface area (Å²) in [5.74, 6) is -0.0691. The number of nitrogens with zero attached hydrogens (tertiary/aromatic N) is 1. The van der Waals surface area contributed by atoms with Gasteiger partial charge in [0.1, 0.15) is 0 Å². The molecule has 0 bridgehead atoms. The Labute approximate surface area is 95.7 Å². The van der Waals surface area contributed by atoms with Gasteiger partial charge in [-0.05, 0) is 28.4 Å². The average molecular weight is 274 g/mol. The molecule has 1 heterocycles. The first-order chi connectivity index (χ1) is 7.06. The first-order valence-corrected chi connectivity index (χ1v) is 5.36. The zero-order valence-corrected chi connectivity index (χ0v) is 9.95. The molecule has 0 unspecified atom stereocenters. The summed E-state index contributed by atoms with van der Waals surface area (Å²) in [6, 6.07) is 1.52. The Bertz CT molecular complexity index is 399. The second-order valence-corrected chi connectivity index (χ2v) is 4.10. The zero-order valence-electron chi connectivity index (χ0n) is 8.36. The number of rotatable bonds is 4. The molecule has 0 aliphatic rings. The predicted octanol–water partition coefficient (Wildman–Crippen LogP) is 1.10. The Morgan fingerprint density at radius 3 is 2.80 bits per heavy atom. The van der Waals surface area contributed by atoms with Gasteiger partial charge >= 0.3 is 0 Å². The van der Waals surface area contributed by atoms with E-state index in [9.17, 15) is 9.59 Å². The van der Waals surface area contributed by atoms with Crippen LogP contribution in [0.15, 0.2) is 21.5 Å². The van der Waals surface area contributed by atoms with Crippen LogP contribution in [0.4, 0.5) is 0 Å². The molecule has 1 rings (SSSR count). The minimum absolute atomic E-state index is 0.00132. The first kappa shape index (κ1) is 12.1. The van der Waals surface area contributed by atoms with Crippen molar-refractivity contribution in [3.8, 4) is 0 Å². The Balaban J connectivity index is 2.96. The molecule has 5 heteroatoms. The van der Waals surface area contributed by atoms with E-state index < -0.39 is 0 Å². The van der Waals surface area contributed by atoms with Crippen LogP contribution >= 0.6 is 15.9 Å². The van der Waals surface area contributed by atoms with Gasteiger partial charge < -0.3 is 9.67 Å². The van der Waals surface area contributed by atoms with E-state index in [0.29, 0.717) is 22.9 Å². The van der Waals surface area contributed by atoms with E-state index in [4.69, 9.17) is 5.11 Å². The van der Waals surface area contributed by atoms with Gasteiger partial charge in [0.2, 0.25) is 0 Å². The van der Waals surface area contributed by atoms with Gasteiger partial charge in [0.05, 0.1) is 4.47 Å². The third-order valence-corrected chi connectivity index (χ3v) is 2.59. The maximum Gasteiger partial charge on any atom is 0.264 e. The van der Waals surface area contributed by atoms with E-state index in [1.807, 2.05) is 0 Å². The summed E-state index contributed by atoms with van der Waals surface area (Å²) in [5.41, 5.74) is 0.311. The molecule has 4 nitrogen and oxygen atoms in total. The van der Waals surface area contributed by atoms with Gasteiger partial charge in [0.15, 0.2) is 5.78 Å². The summed E-state index contributed by atoms with van der Waals surface area (Å²) < 4.78 is 1.73. The Kier molecular flexibility index (Phi) is 4.23. The summed E-state index contributed by atoms with van der Waals surface area (Å²) >= 11 is 3.10. The molecular weight excluding hydrogens is 262 g/mol. The molecule has 0 spiro atoms. The highest BCUT2D eigenvalue weighted by Crippen LogP contribution is 2.09.